The van der Waals surface area contributed by atoms with Gasteiger partial charge in [0.05, 0.1) is 24.8 Å². The molecule has 0 N–H and O–H groups in total. The van der Waals surface area contributed by atoms with Gasteiger partial charge in [-0.15, -0.1) is 0 Å². The molecule has 6 nitrogen and oxygen atoms in total. The van der Waals surface area contributed by atoms with Gasteiger partial charge in [-0.25, -0.2) is 14.6 Å². The fourth-order valence-electron chi connectivity index (χ4n) is 3.34. The van der Waals surface area contributed by atoms with E-state index in [4.69, 9.17) is 21.3 Å². The molecule has 3 heterocycles. The first-order valence-corrected chi connectivity index (χ1v) is 10.9. The summed E-state index contributed by atoms with van der Waals surface area (Å²) < 4.78 is 7.33. The molecule has 1 fully saturated rings. The number of fused-ring (bicyclic) bond motifs is 1. The minimum absolute atomic E-state index is 0.329. The number of nitrogens with zero attached hydrogens (tertiary/aromatic N) is 5. The topological polar surface area (TPSA) is 56.1 Å². The predicted octanol–water partition coefficient (Wildman–Crippen LogP) is 3.71. The number of thioether (sulfide) groups is 1. The fourth-order valence-corrected chi connectivity index (χ4v) is 4.44. The molecular weight excluding hydrogens is 394 g/mol. The van der Waals surface area contributed by atoms with Gasteiger partial charge in [-0.2, -0.15) is 5.10 Å². The lowest BCUT2D eigenvalue weighted by atomic mass is 10.0. The Morgan fingerprint density at radius 2 is 1.96 bits per heavy atom. The van der Waals surface area contributed by atoms with Gasteiger partial charge in [-0.3, -0.25) is 4.90 Å². The Labute approximate surface area is 174 Å². The van der Waals surface area contributed by atoms with E-state index in [0.717, 1.165) is 56.2 Å². The normalized spacial score (nSPS) is 16.5. The van der Waals surface area contributed by atoms with Crippen LogP contribution in [0.3, 0.4) is 0 Å². The Bertz CT molecular complexity index is 914. The molecule has 2 aromatic heterocycles. The van der Waals surface area contributed by atoms with Crippen molar-refractivity contribution in [1.29, 1.82) is 0 Å². The molecule has 8 heteroatoms. The van der Waals surface area contributed by atoms with Crippen LogP contribution >= 0.6 is 23.4 Å². The van der Waals surface area contributed by atoms with Gasteiger partial charge in [0, 0.05) is 37.8 Å². The summed E-state index contributed by atoms with van der Waals surface area (Å²) in [5.41, 5.74) is 2.09. The van der Waals surface area contributed by atoms with E-state index in [1.807, 2.05) is 10.7 Å². The van der Waals surface area contributed by atoms with Crippen LogP contribution in [-0.4, -0.2) is 63.2 Å². The lowest BCUT2D eigenvalue weighted by molar-refractivity contribution is 0.0410. The quantitative estimate of drug-likeness (QED) is 0.332. The molecule has 1 aromatic carbocycles. The van der Waals surface area contributed by atoms with Crippen LogP contribution in [0.25, 0.3) is 11.0 Å². The summed E-state index contributed by atoms with van der Waals surface area (Å²) in [6.07, 6.45) is 1.76. The maximum atomic E-state index is 6.41. The molecule has 0 radical (unpaired) electrons. The Hall–Kier alpha value is -1.67. The van der Waals surface area contributed by atoms with Gasteiger partial charge >= 0.3 is 0 Å². The number of hydrogen-bond acceptors (Lipinski definition) is 6. The zero-order valence-corrected chi connectivity index (χ0v) is 17.5. The molecule has 1 atom stereocenters. The van der Waals surface area contributed by atoms with Gasteiger partial charge in [-0.05, 0) is 5.56 Å². The van der Waals surface area contributed by atoms with Crippen LogP contribution in [0.15, 0.2) is 41.7 Å². The number of halogens is 1. The average Bonchev–Trinajstić information content (AvgIpc) is 3.13. The van der Waals surface area contributed by atoms with Gasteiger partial charge in [0.1, 0.15) is 5.15 Å². The number of hydrogen-bond donors (Lipinski definition) is 0. The van der Waals surface area contributed by atoms with Crippen molar-refractivity contribution >= 4 is 34.4 Å². The number of benzene rings is 1. The molecule has 148 valence electrons. The summed E-state index contributed by atoms with van der Waals surface area (Å²) in [6.45, 7) is 7.56. The van der Waals surface area contributed by atoms with E-state index in [2.05, 4.69) is 46.2 Å². The summed E-state index contributed by atoms with van der Waals surface area (Å²) >= 11 is 8.05. The lowest BCUT2D eigenvalue weighted by Crippen LogP contribution is -2.37. The van der Waals surface area contributed by atoms with Crippen LogP contribution in [0.1, 0.15) is 18.4 Å². The highest BCUT2D eigenvalue weighted by Crippen LogP contribution is 2.26. The van der Waals surface area contributed by atoms with Gasteiger partial charge < -0.3 is 4.74 Å². The van der Waals surface area contributed by atoms with Crippen molar-refractivity contribution in [2.75, 3.05) is 38.6 Å². The van der Waals surface area contributed by atoms with Gasteiger partial charge in [-0.1, -0.05) is 60.6 Å². The summed E-state index contributed by atoms with van der Waals surface area (Å²) in [5.74, 6) is 1.26. The van der Waals surface area contributed by atoms with Crippen LogP contribution in [0.5, 0.6) is 0 Å². The lowest BCUT2D eigenvalue weighted by Gasteiger charge is -2.26. The zero-order valence-electron chi connectivity index (χ0n) is 15.9. The summed E-state index contributed by atoms with van der Waals surface area (Å²) in [6, 6.07) is 10.5. The SMILES string of the molecule is CC(Cn1ncc2c(Cl)nc(SCCN3CCOCC3)nc21)c1ccccc1. The van der Waals surface area contributed by atoms with Crippen molar-refractivity contribution < 1.29 is 4.74 Å². The zero-order chi connectivity index (χ0) is 19.3. The van der Waals surface area contributed by atoms with E-state index in [1.54, 1.807) is 18.0 Å². The van der Waals surface area contributed by atoms with E-state index in [9.17, 15) is 0 Å². The second-order valence-corrected chi connectivity index (χ2v) is 8.40. The molecule has 0 saturated carbocycles. The molecule has 1 saturated heterocycles. The second-order valence-electron chi connectivity index (χ2n) is 6.98. The van der Waals surface area contributed by atoms with E-state index >= 15 is 0 Å². The Morgan fingerprint density at radius 1 is 1.18 bits per heavy atom. The highest BCUT2D eigenvalue weighted by Gasteiger charge is 2.15. The monoisotopic (exact) mass is 417 g/mol. The van der Waals surface area contributed by atoms with Gasteiger partial charge in [0.15, 0.2) is 10.8 Å². The Balaban J connectivity index is 1.46. The van der Waals surface area contributed by atoms with E-state index in [0.29, 0.717) is 16.2 Å². The Morgan fingerprint density at radius 3 is 2.75 bits per heavy atom. The highest BCUT2D eigenvalue weighted by molar-refractivity contribution is 7.99. The number of aromatic nitrogens is 4. The van der Waals surface area contributed by atoms with Crippen LogP contribution in [-0.2, 0) is 11.3 Å². The van der Waals surface area contributed by atoms with E-state index in [-0.39, 0.29) is 0 Å². The van der Waals surface area contributed by atoms with Crippen molar-refractivity contribution in [1.82, 2.24) is 24.6 Å². The van der Waals surface area contributed by atoms with Crippen LogP contribution in [0, 0.1) is 0 Å². The third kappa shape index (κ3) is 4.66. The molecule has 0 aliphatic carbocycles. The average molecular weight is 418 g/mol. The van der Waals surface area contributed by atoms with Crippen molar-refractivity contribution in [2.24, 2.45) is 0 Å². The van der Waals surface area contributed by atoms with Gasteiger partial charge in [0.25, 0.3) is 0 Å². The van der Waals surface area contributed by atoms with Crippen LogP contribution in [0.2, 0.25) is 5.15 Å². The predicted molar refractivity (Wildman–Crippen MR) is 113 cm³/mol. The van der Waals surface area contributed by atoms with Crippen molar-refractivity contribution in [2.45, 2.75) is 24.5 Å². The third-order valence-corrected chi connectivity index (χ3v) is 6.10. The molecule has 0 bridgehead atoms. The minimum atomic E-state index is 0.329. The molecular formula is C20H24ClN5OS. The molecule has 0 amide bonds. The van der Waals surface area contributed by atoms with E-state index < -0.39 is 0 Å². The van der Waals surface area contributed by atoms with Crippen molar-refractivity contribution in [3.8, 4) is 0 Å². The maximum absolute atomic E-state index is 6.41. The minimum Gasteiger partial charge on any atom is -0.379 e. The summed E-state index contributed by atoms with van der Waals surface area (Å²) in [5, 5.41) is 6.50. The third-order valence-electron chi connectivity index (χ3n) is 4.99. The largest absolute Gasteiger partial charge is 0.379 e. The van der Waals surface area contributed by atoms with Gasteiger partial charge in [0.2, 0.25) is 0 Å². The standard InChI is InChI=1S/C20H24ClN5OS/c1-15(16-5-3-2-4-6-16)14-26-19-17(13-22-26)18(21)23-20(24-19)28-12-9-25-7-10-27-11-8-25/h2-6,13,15H,7-12,14H2,1H3. The van der Waals surface area contributed by atoms with Crippen LogP contribution < -0.4 is 0 Å². The van der Waals surface area contributed by atoms with E-state index in [1.165, 1.54) is 5.56 Å². The highest BCUT2D eigenvalue weighted by atomic mass is 35.5. The van der Waals surface area contributed by atoms with Crippen LogP contribution in [0.4, 0.5) is 0 Å². The van der Waals surface area contributed by atoms with Crippen molar-refractivity contribution in [3.63, 3.8) is 0 Å². The molecule has 4 rings (SSSR count). The number of rotatable bonds is 7. The molecule has 3 aromatic rings. The smallest absolute Gasteiger partial charge is 0.191 e. The number of ether oxygens (including phenoxy) is 1. The molecule has 1 aliphatic rings. The summed E-state index contributed by atoms with van der Waals surface area (Å²) in [4.78, 5) is 11.6. The first kappa shape index (κ1) is 19.6. The fraction of sp³-hybridized carbons (Fsp3) is 0.450. The maximum Gasteiger partial charge on any atom is 0.191 e. The molecule has 1 aliphatic heterocycles. The first-order valence-electron chi connectivity index (χ1n) is 9.57. The second kappa shape index (κ2) is 9.22. The number of morpholine rings is 1. The Kier molecular flexibility index (Phi) is 6.47. The molecule has 0 spiro atoms. The van der Waals surface area contributed by atoms with Crippen molar-refractivity contribution in [3.05, 3.63) is 47.2 Å². The summed E-state index contributed by atoms with van der Waals surface area (Å²) in [7, 11) is 0. The first-order chi connectivity index (χ1) is 13.7. The molecule has 28 heavy (non-hydrogen) atoms. The molecule has 1 unspecified atom stereocenters.